The van der Waals surface area contributed by atoms with Crippen LogP contribution >= 0.6 is 39.3 Å². The molecule has 0 saturated carbocycles. The van der Waals surface area contributed by atoms with Crippen LogP contribution in [0.4, 0.5) is 14.9 Å². The van der Waals surface area contributed by atoms with E-state index in [1.54, 1.807) is 0 Å². The van der Waals surface area contributed by atoms with Gasteiger partial charge in [-0.15, -0.1) is 0 Å². The molecule has 0 saturated heterocycles. The Morgan fingerprint density at radius 3 is 2.71 bits per heavy atom. The lowest BCUT2D eigenvalue weighted by Gasteiger charge is -2.16. The highest BCUT2D eigenvalue weighted by Crippen LogP contribution is 2.31. The molecule has 0 bridgehead atoms. The van der Waals surface area contributed by atoms with Crippen LogP contribution in [0.1, 0.15) is 6.42 Å². The minimum absolute atomic E-state index is 0.00742. The molecule has 2 amide bonds. The number of halogens is 3. The lowest BCUT2D eigenvalue weighted by atomic mass is 10.2. The van der Waals surface area contributed by atoms with E-state index in [0.29, 0.717) is 12.2 Å². The number of anilines is 1. The number of nitrogens with one attached hydrogen (secondary N) is 2. The molecule has 1 aromatic carbocycles. The monoisotopic (exact) mass is 398 g/mol. The molecular formula is C12H13BrClFN2O3S. The first-order chi connectivity index (χ1) is 9.85. The number of thioether (sulfide) groups is 1. The van der Waals surface area contributed by atoms with Crippen molar-refractivity contribution in [3.8, 4) is 0 Å². The van der Waals surface area contributed by atoms with Crippen LogP contribution in [0.25, 0.3) is 0 Å². The second-order valence-electron chi connectivity index (χ2n) is 4.02. The molecule has 0 aromatic heterocycles. The molecule has 0 heterocycles. The van der Waals surface area contributed by atoms with Gasteiger partial charge in [0.2, 0.25) is 0 Å². The number of aliphatic carboxylic acids is 1. The van der Waals surface area contributed by atoms with Gasteiger partial charge in [-0.05, 0) is 46.5 Å². The third-order valence-electron chi connectivity index (χ3n) is 2.46. The fourth-order valence-electron chi connectivity index (χ4n) is 1.46. The van der Waals surface area contributed by atoms with Crippen LogP contribution in [0.5, 0.6) is 0 Å². The van der Waals surface area contributed by atoms with Crippen molar-refractivity contribution < 1.29 is 19.1 Å². The summed E-state index contributed by atoms with van der Waals surface area (Å²) in [6, 6.07) is 0.460. The van der Waals surface area contributed by atoms with E-state index in [4.69, 9.17) is 16.7 Å². The van der Waals surface area contributed by atoms with Crippen molar-refractivity contribution in [2.24, 2.45) is 0 Å². The quantitative estimate of drug-likeness (QED) is 0.683. The number of hydrogen-bond acceptors (Lipinski definition) is 3. The number of carboxylic acid groups (broad SMARTS) is 1. The van der Waals surface area contributed by atoms with Gasteiger partial charge in [0.15, 0.2) is 0 Å². The van der Waals surface area contributed by atoms with Crippen LogP contribution in [-0.2, 0) is 4.79 Å². The predicted octanol–water partition coefficient (Wildman–Crippen LogP) is 3.57. The van der Waals surface area contributed by atoms with E-state index in [-0.39, 0.29) is 15.2 Å². The van der Waals surface area contributed by atoms with E-state index in [2.05, 4.69) is 26.6 Å². The summed E-state index contributed by atoms with van der Waals surface area (Å²) in [5.74, 6) is -1.08. The Hall–Kier alpha value is -0.990. The maximum Gasteiger partial charge on any atom is 0.326 e. The third kappa shape index (κ3) is 5.72. The van der Waals surface area contributed by atoms with Crippen molar-refractivity contribution in [1.29, 1.82) is 0 Å². The highest BCUT2D eigenvalue weighted by molar-refractivity contribution is 9.10. The zero-order valence-electron chi connectivity index (χ0n) is 11.0. The maximum atomic E-state index is 13.1. The minimum Gasteiger partial charge on any atom is -0.480 e. The molecule has 0 aliphatic heterocycles. The molecule has 9 heteroatoms. The second-order valence-corrected chi connectivity index (χ2v) is 6.26. The number of rotatable bonds is 6. The summed E-state index contributed by atoms with van der Waals surface area (Å²) in [6.45, 7) is 0. The molecule has 116 valence electrons. The molecule has 0 fully saturated rings. The summed E-state index contributed by atoms with van der Waals surface area (Å²) in [4.78, 5) is 22.8. The average Bonchev–Trinajstić information content (AvgIpc) is 2.38. The van der Waals surface area contributed by atoms with Crippen LogP contribution in [0.2, 0.25) is 5.02 Å². The van der Waals surface area contributed by atoms with Gasteiger partial charge in [-0.2, -0.15) is 11.8 Å². The Kier molecular flexibility index (Phi) is 7.27. The fourth-order valence-corrected chi connectivity index (χ4v) is 2.83. The van der Waals surface area contributed by atoms with Crippen LogP contribution in [0, 0.1) is 5.82 Å². The Labute approximate surface area is 138 Å². The van der Waals surface area contributed by atoms with E-state index >= 15 is 0 Å². The first-order valence-corrected chi connectivity index (χ1v) is 8.35. The molecule has 1 rings (SSSR count). The molecule has 5 nitrogen and oxygen atoms in total. The van der Waals surface area contributed by atoms with Gasteiger partial charge < -0.3 is 15.7 Å². The first-order valence-electron chi connectivity index (χ1n) is 5.79. The zero-order chi connectivity index (χ0) is 16.0. The first kappa shape index (κ1) is 18.1. The standard InChI is InChI=1S/C12H13BrClFN2O3S/c1-21-3-2-9(11(18)19)16-12(20)17-10-7(13)4-6(15)5-8(10)14/h4-5,9H,2-3H2,1H3,(H,18,19)(H2,16,17,20). The normalized spacial score (nSPS) is 11.8. The topological polar surface area (TPSA) is 78.4 Å². The summed E-state index contributed by atoms with van der Waals surface area (Å²) < 4.78 is 13.3. The molecule has 0 radical (unpaired) electrons. The molecule has 0 aliphatic carbocycles. The summed E-state index contributed by atoms with van der Waals surface area (Å²) >= 11 is 10.4. The molecule has 1 aromatic rings. The smallest absolute Gasteiger partial charge is 0.326 e. The lowest BCUT2D eigenvalue weighted by Crippen LogP contribution is -2.43. The summed E-state index contributed by atoms with van der Waals surface area (Å²) in [5, 5.41) is 13.8. The minimum atomic E-state index is -1.12. The molecule has 1 atom stereocenters. The van der Waals surface area contributed by atoms with Crippen LogP contribution in [-0.4, -0.2) is 35.2 Å². The number of amides is 2. The Balaban J connectivity index is 2.74. The van der Waals surface area contributed by atoms with E-state index in [1.807, 2.05) is 6.26 Å². The van der Waals surface area contributed by atoms with Crippen LogP contribution in [0.15, 0.2) is 16.6 Å². The molecule has 21 heavy (non-hydrogen) atoms. The third-order valence-corrected chi connectivity index (χ3v) is 4.03. The van der Waals surface area contributed by atoms with Crippen molar-refractivity contribution >= 4 is 57.0 Å². The molecular weight excluding hydrogens is 387 g/mol. The SMILES string of the molecule is CSCCC(NC(=O)Nc1c(Cl)cc(F)cc1Br)C(=O)O. The molecule has 0 aliphatic rings. The van der Waals surface area contributed by atoms with Crippen molar-refractivity contribution in [2.75, 3.05) is 17.3 Å². The van der Waals surface area contributed by atoms with E-state index in [1.165, 1.54) is 11.8 Å². The van der Waals surface area contributed by atoms with Gasteiger partial charge in [-0.3, -0.25) is 0 Å². The Morgan fingerprint density at radius 2 is 2.19 bits per heavy atom. The zero-order valence-corrected chi connectivity index (χ0v) is 14.1. The number of hydrogen-bond donors (Lipinski definition) is 3. The number of urea groups is 1. The van der Waals surface area contributed by atoms with E-state index < -0.39 is 23.9 Å². The van der Waals surface area contributed by atoms with Gasteiger partial charge in [-0.25, -0.2) is 14.0 Å². The predicted molar refractivity (Wildman–Crippen MR) is 85.7 cm³/mol. The van der Waals surface area contributed by atoms with Gasteiger partial charge in [0.05, 0.1) is 10.7 Å². The number of carboxylic acids is 1. The number of benzene rings is 1. The molecule has 0 spiro atoms. The van der Waals surface area contributed by atoms with Crippen molar-refractivity contribution in [3.63, 3.8) is 0 Å². The number of carbonyl (C=O) groups excluding carboxylic acids is 1. The van der Waals surface area contributed by atoms with E-state index in [9.17, 15) is 14.0 Å². The Bertz CT molecular complexity index is 524. The van der Waals surface area contributed by atoms with Crippen LogP contribution in [0.3, 0.4) is 0 Å². The average molecular weight is 400 g/mol. The van der Waals surface area contributed by atoms with Gasteiger partial charge in [0.1, 0.15) is 11.9 Å². The Morgan fingerprint density at radius 1 is 1.52 bits per heavy atom. The summed E-state index contributed by atoms with van der Waals surface area (Å²) in [6.07, 6.45) is 2.14. The highest BCUT2D eigenvalue weighted by Gasteiger charge is 2.20. The largest absolute Gasteiger partial charge is 0.480 e. The molecule has 3 N–H and O–H groups in total. The van der Waals surface area contributed by atoms with Gasteiger partial charge in [0.25, 0.3) is 0 Å². The van der Waals surface area contributed by atoms with Gasteiger partial charge in [0, 0.05) is 4.47 Å². The highest BCUT2D eigenvalue weighted by atomic mass is 79.9. The second kappa shape index (κ2) is 8.45. The van der Waals surface area contributed by atoms with Gasteiger partial charge in [-0.1, -0.05) is 11.6 Å². The van der Waals surface area contributed by atoms with Crippen molar-refractivity contribution in [2.45, 2.75) is 12.5 Å². The van der Waals surface area contributed by atoms with Crippen LogP contribution < -0.4 is 10.6 Å². The number of carbonyl (C=O) groups is 2. The maximum absolute atomic E-state index is 13.1. The summed E-state index contributed by atoms with van der Waals surface area (Å²) in [7, 11) is 0. The fraction of sp³-hybridized carbons (Fsp3) is 0.333. The summed E-state index contributed by atoms with van der Waals surface area (Å²) in [5.41, 5.74) is 0.171. The molecule has 1 unspecified atom stereocenters. The lowest BCUT2D eigenvalue weighted by molar-refractivity contribution is -0.139. The van der Waals surface area contributed by atoms with E-state index in [0.717, 1.165) is 12.1 Å². The van der Waals surface area contributed by atoms with Crippen molar-refractivity contribution in [1.82, 2.24) is 5.32 Å². The van der Waals surface area contributed by atoms with Crippen molar-refractivity contribution in [3.05, 3.63) is 27.4 Å². The van der Waals surface area contributed by atoms with Gasteiger partial charge >= 0.3 is 12.0 Å².